The number of halogens is 2. The number of esters is 1. The van der Waals surface area contributed by atoms with Gasteiger partial charge in [-0.25, -0.2) is 4.79 Å². The first-order valence-electron chi connectivity index (χ1n) is 9.56. The van der Waals surface area contributed by atoms with Crippen LogP contribution in [0.25, 0.3) is 6.08 Å². The van der Waals surface area contributed by atoms with Gasteiger partial charge in [0.05, 0.1) is 26.4 Å². The summed E-state index contributed by atoms with van der Waals surface area (Å²) in [5, 5.41) is 0. The topological polar surface area (TPSA) is 84.2 Å². The van der Waals surface area contributed by atoms with Crippen LogP contribution in [0.4, 0.5) is 8.78 Å². The van der Waals surface area contributed by atoms with Gasteiger partial charge in [-0.15, -0.1) is 0 Å². The highest BCUT2D eigenvalue weighted by molar-refractivity contribution is 6.14. The van der Waals surface area contributed by atoms with Gasteiger partial charge in [-0.05, 0) is 44.0 Å². The van der Waals surface area contributed by atoms with Crippen molar-refractivity contribution in [2.75, 3.05) is 20.8 Å². The van der Waals surface area contributed by atoms with Crippen LogP contribution in [0, 0.1) is 6.92 Å². The van der Waals surface area contributed by atoms with Crippen molar-refractivity contribution < 1.29 is 41.7 Å². The minimum Gasteiger partial charge on any atom is -0.493 e. The van der Waals surface area contributed by atoms with Gasteiger partial charge in [0.2, 0.25) is 11.5 Å². The second-order valence-electron chi connectivity index (χ2n) is 6.71. The molecule has 0 saturated carbocycles. The van der Waals surface area contributed by atoms with Crippen molar-refractivity contribution in [3.8, 4) is 17.2 Å². The molecule has 0 fully saturated rings. The van der Waals surface area contributed by atoms with Crippen LogP contribution in [0.15, 0.2) is 22.1 Å². The quantitative estimate of drug-likeness (QED) is 0.463. The number of furan rings is 1. The number of fused-ring (bicyclic) bond motifs is 1. The molecule has 1 aromatic carbocycles. The molecule has 1 heterocycles. The molecule has 0 N–H and O–H groups in total. The third kappa shape index (κ3) is 4.40. The number of carbonyl (C=O) groups excluding carboxylic acids is 2. The minimum atomic E-state index is -3.05. The van der Waals surface area contributed by atoms with Crippen LogP contribution in [-0.2, 0) is 11.2 Å². The van der Waals surface area contributed by atoms with E-state index in [4.69, 9.17) is 18.6 Å². The number of benzene rings is 1. The van der Waals surface area contributed by atoms with Crippen LogP contribution in [0.2, 0.25) is 0 Å². The van der Waals surface area contributed by atoms with E-state index in [9.17, 15) is 18.4 Å². The van der Waals surface area contributed by atoms with Gasteiger partial charge in [-0.1, -0.05) is 0 Å². The number of alkyl halides is 2. The molecule has 7 nitrogen and oxygen atoms in total. The number of ketones is 1. The summed E-state index contributed by atoms with van der Waals surface area (Å²) >= 11 is 0. The van der Waals surface area contributed by atoms with Gasteiger partial charge in [-0.3, -0.25) is 4.79 Å². The number of carbonyl (C=O) groups is 2. The summed E-state index contributed by atoms with van der Waals surface area (Å²) in [6, 6.07) is 2.95. The fourth-order valence-electron chi connectivity index (χ4n) is 3.49. The summed E-state index contributed by atoms with van der Waals surface area (Å²) in [6.07, 6.45) is 2.42. The monoisotopic (exact) mass is 436 g/mol. The average molecular weight is 436 g/mol. The number of rotatable bonds is 7. The molecular weight excluding hydrogens is 414 g/mol. The SMILES string of the molecule is CCOC(=O)c1oc2c(c1C)C(=O)/C(=C\c1cc(OC)c(OC(F)F)c(OC)c1)CC2. The fourth-order valence-corrected chi connectivity index (χ4v) is 3.49. The zero-order chi connectivity index (χ0) is 22.7. The summed E-state index contributed by atoms with van der Waals surface area (Å²) in [7, 11) is 2.63. The standard InChI is InChI=1S/C22H22F2O7/c1-5-29-21(26)19-11(2)17-14(30-19)7-6-13(18(17)25)8-12-9-15(27-3)20(31-22(23)24)16(10-12)28-4/h8-10,22H,5-7H2,1-4H3/b13-8-. The van der Waals surface area contributed by atoms with Crippen molar-refractivity contribution in [3.05, 3.63) is 45.9 Å². The van der Waals surface area contributed by atoms with E-state index in [0.29, 0.717) is 40.9 Å². The zero-order valence-electron chi connectivity index (χ0n) is 17.5. The zero-order valence-corrected chi connectivity index (χ0v) is 17.5. The molecular formula is C22H22F2O7. The second-order valence-corrected chi connectivity index (χ2v) is 6.71. The Bertz CT molecular complexity index is 1010. The van der Waals surface area contributed by atoms with Crippen molar-refractivity contribution in [1.29, 1.82) is 0 Å². The second kappa shape index (κ2) is 9.20. The number of allylic oxidation sites excluding steroid dienone is 1. The molecule has 0 amide bonds. The van der Waals surface area contributed by atoms with E-state index in [1.54, 1.807) is 19.9 Å². The van der Waals surface area contributed by atoms with E-state index in [0.717, 1.165) is 0 Å². The summed E-state index contributed by atoms with van der Waals surface area (Å²) in [4.78, 5) is 25.2. The van der Waals surface area contributed by atoms with Crippen molar-refractivity contribution in [2.24, 2.45) is 0 Å². The van der Waals surface area contributed by atoms with Crippen molar-refractivity contribution in [3.63, 3.8) is 0 Å². The lowest BCUT2D eigenvalue weighted by molar-refractivity contribution is -0.0526. The number of hydrogen-bond donors (Lipinski definition) is 0. The van der Waals surface area contributed by atoms with Gasteiger partial charge in [0.25, 0.3) is 0 Å². The average Bonchev–Trinajstić information content (AvgIpc) is 3.07. The molecule has 0 spiro atoms. The maximum Gasteiger partial charge on any atom is 0.387 e. The Morgan fingerprint density at radius 2 is 1.84 bits per heavy atom. The Morgan fingerprint density at radius 1 is 1.19 bits per heavy atom. The summed E-state index contributed by atoms with van der Waals surface area (Å²) in [5.41, 5.74) is 1.75. The Morgan fingerprint density at radius 3 is 2.39 bits per heavy atom. The van der Waals surface area contributed by atoms with Crippen molar-refractivity contribution >= 4 is 17.8 Å². The minimum absolute atomic E-state index is 0.0262. The third-order valence-electron chi connectivity index (χ3n) is 4.85. The van der Waals surface area contributed by atoms with Crippen molar-refractivity contribution in [1.82, 2.24) is 0 Å². The molecule has 2 aromatic rings. The molecule has 0 bridgehead atoms. The Hall–Kier alpha value is -3.36. The van der Waals surface area contributed by atoms with Crippen LogP contribution in [0.5, 0.6) is 17.2 Å². The molecule has 3 rings (SSSR count). The number of Topliss-reactive ketones (excluding diaryl/α,β-unsaturated/α-hetero) is 1. The largest absolute Gasteiger partial charge is 0.493 e. The number of hydrogen-bond acceptors (Lipinski definition) is 7. The lowest BCUT2D eigenvalue weighted by Crippen LogP contribution is -2.13. The molecule has 0 unspecified atom stereocenters. The molecule has 0 atom stereocenters. The summed E-state index contributed by atoms with van der Waals surface area (Å²) in [5.74, 6) is -0.569. The number of ether oxygens (including phenoxy) is 4. The number of methoxy groups -OCH3 is 2. The van der Waals surface area contributed by atoms with Crippen LogP contribution in [0.1, 0.15) is 51.1 Å². The maximum atomic E-state index is 13.1. The molecule has 1 aromatic heterocycles. The normalized spacial score (nSPS) is 14.5. The van der Waals surface area contributed by atoms with Gasteiger partial charge in [-0.2, -0.15) is 8.78 Å². The van der Waals surface area contributed by atoms with Gasteiger partial charge in [0, 0.05) is 17.6 Å². The predicted molar refractivity (Wildman–Crippen MR) is 106 cm³/mol. The highest BCUT2D eigenvalue weighted by Crippen LogP contribution is 2.41. The first-order valence-corrected chi connectivity index (χ1v) is 9.56. The lowest BCUT2D eigenvalue weighted by Gasteiger charge is -2.16. The maximum absolute atomic E-state index is 13.1. The van der Waals surface area contributed by atoms with Crippen molar-refractivity contribution in [2.45, 2.75) is 33.3 Å². The van der Waals surface area contributed by atoms with Crippen LogP contribution in [0.3, 0.4) is 0 Å². The van der Waals surface area contributed by atoms with Crippen LogP contribution in [-0.4, -0.2) is 39.2 Å². The van der Waals surface area contributed by atoms with Gasteiger partial charge < -0.3 is 23.4 Å². The fraction of sp³-hybridized carbons (Fsp3) is 0.364. The Labute approximate surface area is 177 Å². The Kier molecular flexibility index (Phi) is 6.62. The lowest BCUT2D eigenvalue weighted by atomic mass is 9.88. The highest BCUT2D eigenvalue weighted by atomic mass is 19.3. The summed E-state index contributed by atoms with van der Waals surface area (Å²) in [6.45, 7) is 0.459. The third-order valence-corrected chi connectivity index (χ3v) is 4.85. The van der Waals surface area contributed by atoms with E-state index in [2.05, 4.69) is 4.74 Å². The van der Waals surface area contributed by atoms with E-state index < -0.39 is 12.6 Å². The van der Waals surface area contributed by atoms with Gasteiger partial charge >= 0.3 is 12.6 Å². The predicted octanol–water partition coefficient (Wildman–Crippen LogP) is 4.60. The van der Waals surface area contributed by atoms with E-state index >= 15 is 0 Å². The first kappa shape index (κ1) is 22.3. The molecule has 166 valence electrons. The number of aryl methyl sites for hydroxylation is 1. The van der Waals surface area contributed by atoms with Crippen LogP contribution >= 0.6 is 0 Å². The summed E-state index contributed by atoms with van der Waals surface area (Å²) < 4.78 is 50.9. The molecule has 31 heavy (non-hydrogen) atoms. The molecule has 1 aliphatic carbocycles. The first-order chi connectivity index (χ1) is 14.8. The molecule has 1 aliphatic rings. The highest BCUT2D eigenvalue weighted by Gasteiger charge is 2.32. The van der Waals surface area contributed by atoms with E-state index in [1.165, 1.54) is 26.4 Å². The van der Waals surface area contributed by atoms with Gasteiger partial charge in [0.1, 0.15) is 5.76 Å². The van der Waals surface area contributed by atoms with Gasteiger partial charge in [0.15, 0.2) is 17.3 Å². The molecule has 9 heteroatoms. The smallest absolute Gasteiger partial charge is 0.387 e. The Balaban J connectivity index is 1.99. The molecule has 0 saturated heterocycles. The van der Waals surface area contributed by atoms with E-state index in [1.807, 2.05) is 0 Å². The van der Waals surface area contributed by atoms with Crippen LogP contribution < -0.4 is 14.2 Å². The van der Waals surface area contributed by atoms with E-state index in [-0.39, 0.29) is 35.4 Å². The molecule has 0 aliphatic heterocycles. The molecule has 0 radical (unpaired) electrons.